The molecule has 29 heavy (non-hydrogen) atoms. The van der Waals surface area contributed by atoms with Crippen molar-refractivity contribution in [3.8, 4) is 0 Å². The third-order valence-corrected chi connectivity index (χ3v) is 3.91. The molecule has 154 valence electrons. The molecule has 2 rings (SSSR count). The quantitative estimate of drug-likeness (QED) is 0.432. The highest BCUT2D eigenvalue weighted by atomic mass is 19.4. The van der Waals surface area contributed by atoms with E-state index in [1.54, 1.807) is 24.3 Å². The van der Waals surface area contributed by atoms with Gasteiger partial charge in [-0.1, -0.05) is 41.6 Å². The number of halogens is 3. The van der Waals surface area contributed by atoms with Gasteiger partial charge in [0.15, 0.2) is 5.71 Å². The number of aliphatic hydroxyl groups excluding tert-OH is 1. The van der Waals surface area contributed by atoms with Gasteiger partial charge in [0, 0.05) is 11.1 Å². The van der Waals surface area contributed by atoms with Crippen LogP contribution in [0.1, 0.15) is 29.2 Å². The maximum atomic E-state index is 12.8. The molecule has 0 aliphatic rings. The average molecular weight is 408 g/mol. The summed E-state index contributed by atoms with van der Waals surface area (Å²) < 4.78 is 43.2. The van der Waals surface area contributed by atoms with E-state index in [-0.39, 0.29) is 23.6 Å². The highest BCUT2D eigenvalue weighted by Gasteiger charge is 2.30. The monoisotopic (exact) mass is 408 g/mol. The predicted octanol–water partition coefficient (Wildman–Crippen LogP) is 3.56. The number of alkyl halides is 3. The molecule has 0 atom stereocenters. The number of ether oxygens (including phenoxy) is 1. The summed E-state index contributed by atoms with van der Waals surface area (Å²) in [5.74, 6) is -0.727. The number of aliphatic hydroxyl groups is 1. The third-order valence-electron chi connectivity index (χ3n) is 3.91. The van der Waals surface area contributed by atoms with Gasteiger partial charge in [-0.15, -0.1) is 0 Å². The number of hydrogen-bond donors (Lipinski definition) is 1. The summed E-state index contributed by atoms with van der Waals surface area (Å²) in [5, 5.41) is 12.9. The van der Waals surface area contributed by atoms with Crippen LogP contribution >= 0.6 is 0 Å². The van der Waals surface area contributed by atoms with Crippen molar-refractivity contribution in [1.29, 1.82) is 0 Å². The smallest absolute Gasteiger partial charge is 0.416 e. The van der Waals surface area contributed by atoms with Gasteiger partial charge in [-0.2, -0.15) is 13.2 Å². The Balaban J connectivity index is 2.21. The van der Waals surface area contributed by atoms with Gasteiger partial charge in [0.1, 0.15) is 13.3 Å². The number of rotatable bonds is 7. The van der Waals surface area contributed by atoms with Crippen LogP contribution in [-0.2, 0) is 27.2 Å². The molecule has 0 spiro atoms. The second-order valence-corrected chi connectivity index (χ2v) is 5.83. The Kier molecular flexibility index (Phi) is 7.49. The molecule has 0 amide bonds. The molecular formula is C20H19F3N2O4. The number of methoxy groups -OCH3 is 1. The minimum Gasteiger partial charge on any atom is -0.464 e. The van der Waals surface area contributed by atoms with E-state index < -0.39 is 24.4 Å². The van der Waals surface area contributed by atoms with Gasteiger partial charge in [0.05, 0.1) is 18.4 Å². The molecule has 0 radical (unpaired) electrons. The van der Waals surface area contributed by atoms with Gasteiger partial charge < -0.3 is 14.7 Å². The number of carbonyl (C=O) groups is 1. The largest absolute Gasteiger partial charge is 0.464 e. The van der Waals surface area contributed by atoms with Crippen LogP contribution in [-0.4, -0.2) is 36.3 Å². The molecule has 0 saturated heterocycles. The van der Waals surface area contributed by atoms with Crippen molar-refractivity contribution in [2.45, 2.75) is 19.7 Å². The van der Waals surface area contributed by atoms with Gasteiger partial charge in [-0.05, 0) is 24.6 Å². The lowest BCUT2D eigenvalue weighted by Crippen LogP contribution is -2.19. The molecule has 0 bridgehead atoms. The van der Waals surface area contributed by atoms with Crippen LogP contribution in [0.15, 0.2) is 58.7 Å². The Morgan fingerprint density at radius 2 is 1.86 bits per heavy atom. The second-order valence-electron chi connectivity index (χ2n) is 5.83. The lowest BCUT2D eigenvalue weighted by molar-refractivity contribution is -0.137. The van der Waals surface area contributed by atoms with Crippen molar-refractivity contribution in [1.82, 2.24) is 0 Å². The Hall–Kier alpha value is -3.20. The summed E-state index contributed by atoms with van der Waals surface area (Å²) >= 11 is 0. The van der Waals surface area contributed by atoms with Crippen LogP contribution in [0.2, 0.25) is 0 Å². The number of aliphatic imine (C=N–C) groups is 1. The van der Waals surface area contributed by atoms with Crippen LogP contribution in [0.25, 0.3) is 0 Å². The zero-order valence-electron chi connectivity index (χ0n) is 15.7. The number of oxime groups is 1. The lowest BCUT2D eigenvalue weighted by Gasteiger charge is -2.11. The molecule has 1 N–H and O–H groups in total. The van der Waals surface area contributed by atoms with E-state index in [2.05, 4.69) is 14.9 Å². The molecule has 0 unspecified atom stereocenters. The van der Waals surface area contributed by atoms with Gasteiger partial charge in [0.25, 0.3) is 0 Å². The minimum atomic E-state index is -4.45. The van der Waals surface area contributed by atoms with Crippen LogP contribution in [0, 0.1) is 0 Å². The summed E-state index contributed by atoms with van der Waals surface area (Å²) in [6.07, 6.45) is -4.45. The Bertz CT molecular complexity index is 924. The molecule has 0 saturated carbocycles. The fraction of sp³-hybridized carbons (Fsp3) is 0.250. The molecule has 0 aliphatic heterocycles. The first kappa shape index (κ1) is 22.1. The topological polar surface area (TPSA) is 80.5 Å². The average Bonchev–Trinajstić information content (AvgIpc) is 2.71. The first-order valence-corrected chi connectivity index (χ1v) is 8.44. The Labute approximate surface area is 165 Å². The molecule has 6 nitrogen and oxygen atoms in total. The highest BCUT2D eigenvalue weighted by Crippen LogP contribution is 2.29. The van der Waals surface area contributed by atoms with Gasteiger partial charge in [-0.3, -0.25) is 0 Å². The van der Waals surface area contributed by atoms with Crippen LogP contribution in [0.3, 0.4) is 0 Å². The van der Waals surface area contributed by atoms with Crippen molar-refractivity contribution in [3.63, 3.8) is 0 Å². The van der Waals surface area contributed by atoms with Gasteiger partial charge >= 0.3 is 12.1 Å². The zero-order chi connectivity index (χ0) is 21.4. The maximum Gasteiger partial charge on any atom is 0.416 e. The van der Waals surface area contributed by atoms with E-state index in [4.69, 9.17) is 9.94 Å². The number of nitrogens with zero attached hydrogens (tertiary/aromatic N) is 2. The summed E-state index contributed by atoms with van der Waals surface area (Å²) in [4.78, 5) is 20.9. The van der Waals surface area contributed by atoms with Crippen LogP contribution in [0.5, 0.6) is 0 Å². The summed E-state index contributed by atoms with van der Waals surface area (Å²) in [6, 6.07) is 11.4. The number of benzene rings is 2. The highest BCUT2D eigenvalue weighted by molar-refractivity contribution is 6.43. The van der Waals surface area contributed by atoms with Gasteiger partial charge in [-0.25, -0.2) is 9.79 Å². The first-order chi connectivity index (χ1) is 13.8. The summed E-state index contributed by atoms with van der Waals surface area (Å²) in [6.45, 7) is 0.842. The third kappa shape index (κ3) is 5.89. The molecular weight excluding hydrogens is 389 g/mol. The van der Waals surface area contributed by atoms with Crippen LogP contribution in [0.4, 0.5) is 13.2 Å². The number of esters is 1. The van der Waals surface area contributed by atoms with E-state index >= 15 is 0 Å². The number of hydrogen-bond acceptors (Lipinski definition) is 6. The van der Waals surface area contributed by atoms with Crippen molar-refractivity contribution < 1.29 is 32.6 Å². The molecule has 2 aromatic carbocycles. The molecule has 9 heteroatoms. The second kappa shape index (κ2) is 9.83. The fourth-order valence-electron chi connectivity index (χ4n) is 2.48. The van der Waals surface area contributed by atoms with Crippen molar-refractivity contribution in [2.24, 2.45) is 10.1 Å². The standard InChI is InChI=1S/C20H19F3N2O4/c1-13(14-7-5-8-16(10-14)20(21,22)23)25-29-11-15-6-3-4-9-17(15)18(24-12-26)19(27)28-2/h3-10,26H,11-12H2,1-2H3/b24-18+,25-13-. The maximum absolute atomic E-state index is 12.8. The van der Waals surface area contributed by atoms with Crippen molar-refractivity contribution in [2.75, 3.05) is 13.8 Å². The summed E-state index contributed by atoms with van der Waals surface area (Å²) in [5.41, 5.74) is 0.590. The van der Waals surface area contributed by atoms with E-state index in [0.717, 1.165) is 12.1 Å². The minimum absolute atomic E-state index is 0.0755. The van der Waals surface area contributed by atoms with E-state index in [0.29, 0.717) is 11.1 Å². The van der Waals surface area contributed by atoms with Crippen molar-refractivity contribution >= 4 is 17.4 Å². The SMILES string of the molecule is COC(=O)/C(=N/CO)c1ccccc1CO/N=C(/C)c1cccc(C(F)(F)F)c1. The molecule has 0 aromatic heterocycles. The molecule has 0 heterocycles. The fourth-order valence-corrected chi connectivity index (χ4v) is 2.48. The zero-order valence-corrected chi connectivity index (χ0v) is 15.7. The van der Waals surface area contributed by atoms with Gasteiger partial charge in [0.2, 0.25) is 0 Å². The number of carbonyl (C=O) groups excluding carboxylic acids is 1. The van der Waals surface area contributed by atoms with Crippen LogP contribution < -0.4 is 0 Å². The first-order valence-electron chi connectivity index (χ1n) is 8.44. The Morgan fingerprint density at radius 3 is 2.52 bits per heavy atom. The summed E-state index contributed by atoms with van der Waals surface area (Å²) in [7, 11) is 1.19. The van der Waals surface area contributed by atoms with Crippen molar-refractivity contribution in [3.05, 3.63) is 70.8 Å². The molecule has 2 aromatic rings. The predicted molar refractivity (Wildman–Crippen MR) is 101 cm³/mol. The molecule has 0 fully saturated rings. The van der Waals surface area contributed by atoms with E-state index in [1.165, 1.54) is 26.2 Å². The van der Waals surface area contributed by atoms with E-state index in [9.17, 15) is 18.0 Å². The van der Waals surface area contributed by atoms with E-state index in [1.807, 2.05) is 0 Å². The lowest BCUT2D eigenvalue weighted by atomic mass is 10.0. The normalized spacial score (nSPS) is 12.6. The Morgan fingerprint density at radius 1 is 1.14 bits per heavy atom. The molecule has 0 aliphatic carbocycles.